The summed E-state index contributed by atoms with van der Waals surface area (Å²) >= 11 is -2.13. The van der Waals surface area contributed by atoms with Crippen LogP contribution in [0.15, 0.2) is 47.4 Å². The lowest BCUT2D eigenvalue weighted by molar-refractivity contribution is 0.537. The number of rotatable bonds is 1. The van der Waals surface area contributed by atoms with Gasteiger partial charge in [0.05, 0.1) is 0 Å². The van der Waals surface area contributed by atoms with E-state index in [1.807, 2.05) is 24.3 Å². The van der Waals surface area contributed by atoms with Crippen molar-refractivity contribution in [2.75, 3.05) is 0 Å². The predicted molar refractivity (Wildman–Crippen MR) is 51.1 cm³/mol. The van der Waals surface area contributed by atoms with Crippen molar-refractivity contribution in [1.29, 1.82) is 0 Å². The Balaban J connectivity index is 2.69. The van der Waals surface area contributed by atoms with Gasteiger partial charge < -0.3 is 4.55 Å². The molecule has 0 aliphatic carbocycles. The number of hydrogen-bond acceptors (Lipinski definition) is 2. The van der Waals surface area contributed by atoms with Gasteiger partial charge in [-0.1, -0.05) is 30.3 Å². The summed E-state index contributed by atoms with van der Waals surface area (Å²) in [5.74, 6) is 0. The Morgan fingerprint density at radius 3 is 2.38 bits per heavy atom. The molecule has 0 aliphatic rings. The average Bonchev–Trinajstić information content (AvgIpc) is 2.17. The van der Waals surface area contributed by atoms with Gasteiger partial charge in [-0.15, -0.1) is 0 Å². The molecule has 0 amide bonds. The van der Waals surface area contributed by atoms with Crippen molar-refractivity contribution in [1.82, 2.24) is 0 Å². The summed E-state index contributed by atoms with van der Waals surface area (Å²) in [4.78, 5) is 0.332. The lowest BCUT2D eigenvalue weighted by Crippen LogP contribution is -1.87. The van der Waals surface area contributed by atoms with Gasteiger partial charge in [0.15, 0.2) is 0 Å². The van der Waals surface area contributed by atoms with Crippen LogP contribution in [0.3, 0.4) is 0 Å². The van der Waals surface area contributed by atoms with Crippen LogP contribution in [0.5, 0.6) is 0 Å². The molecule has 0 N–H and O–H groups in total. The van der Waals surface area contributed by atoms with Gasteiger partial charge in [-0.25, -0.2) is 0 Å². The molecule has 0 aromatic heterocycles. The summed E-state index contributed by atoms with van der Waals surface area (Å²) in [5, 5.41) is 2.00. The molecule has 13 heavy (non-hydrogen) atoms. The smallest absolute Gasteiger partial charge is 0.0255 e. The van der Waals surface area contributed by atoms with E-state index in [0.29, 0.717) is 4.90 Å². The summed E-state index contributed by atoms with van der Waals surface area (Å²) in [6.45, 7) is 0. The SMILES string of the molecule is O=S([O-])c1ccc2ccccc2c1. The van der Waals surface area contributed by atoms with Crippen LogP contribution in [0, 0.1) is 0 Å². The third-order valence-electron chi connectivity index (χ3n) is 1.91. The first-order chi connectivity index (χ1) is 6.27. The monoisotopic (exact) mass is 191 g/mol. The minimum atomic E-state index is -2.13. The van der Waals surface area contributed by atoms with E-state index in [1.165, 1.54) is 0 Å². The first kappa shape index (κ1) is 8.41. The van der Waals surface area contributed by atoms with Crippen LogP contribution in [0.25, 0.3) is 10.8 Å². The van der Waals surface area contributed by atoms with Crippen LogP contribution < -0.4 is 0 Å². The Morgan fingerprint density at radius 1 is 1.00 bits per heavy atom. The molecule has 0 heterocycles. The molecule has 0 radical (unpaired) electrons. The first-order valence-corrected chi connectivity index (χ1v) is 4.93. The van der Waals surface area contributed by atoms with Gasteiger partial charge in [0.25, 0.3) is 0 Å². The summed E-state index contributed by atoms with van der Waals surface area (Å²) in [6.07, 6.45) is 0. The third-order valence-corrected chi connectivity index (χ3v) is 2.55. The van der Waals surface area contributed by atoms with E-state index < -0.39 is 11.1 Å². The highest BCUT2D eigenvalue weighted by Gasteiger charge is 1.94. The molecular formula is C10H7O2S-. The van der Waals surface area contributed by atoms with Gasteiger partial charge >= 0.3 is 0 Å². The fraction of sp³-hybridized carbons (Fsp3) is 0. The Morgan fingerprint density at radius 2 is 1.69 bits per heavy atom. The van der Waals surface area contributed by atoms with Gasteiger partial charge in [-0.2, -0.15) is 0 Å². The summed E-state index contributed by atoms with van der Waals surface area (Å²) in [5.41, 5.74) is 0. The molecule has 0 aliphatic heterocycles. The normalized spacial score (nSPS) is 13.0. The molecule has 66 valence electrons. The van der Waals surface area contributed by atoms with E-state index in [-0.39, 0.29) is 0 Å². The Labute approximate surface area is 78.5 Å². The van der Waals surface area contributed by atoms with Gasteiger partial charge in [0, 0.05) is 4.90 Å². The minimum absolute atomic E-state index is 0.332. The van der Waals surface area contributed by atoms with E-state index in [0.717, 1.165) is 10.8 Å². The maximum absolute atomic E-state index is 10.6. The van der Waals surface area contributed by atoms with Crippen molar-refractivity contribution < 1.29 is 8.76 Å². The van der Waals surface area contributed by atoms with E-state index in [1.54, 1.807) is 18.2 Å². The highest BCUT2D eigenvalue weighted by molar-refractivity contribution is 7.79. The van der Waals surface area contributed by atoms with Crippen LogP contribution in [0.4, 0.5) is 0 Å². The van der Waals surface area contributed by atoms with Crippen LogP contribution >= 0.6 is 0 Å². The maximum Gasteiger partial charge on any atom is 0.0255 e. The fourth-order valence-electron chi connectivity index (χ4n) is 1.27. The molecule has 0 spiro atoms. The van der Waals surface area contributed by atoms with Gasteiger partial charge in [-0.3, -0.25) is 4.21 Å². The molecule has 2 aromatic rings. The van der Waals surface area contributed by atoms with Crippen molar-refractivity contribution in [3.8, 4) is 0 Å². The zero-order valence-electron chi connectivity index (χ0n) is 6.77. The molecule has 3 heteroatoms. The van der Waals surface area contributed by atoms with Crippen molar-refractivity contribution in [3.63, 3.8) is 0 Å². The van der Waals surface area contributed by atoms with E-state index in [2.05, 4.69) is 0 Å². The number of hydrogen-bond donors (Lipinski definition) is 0. The zero-order chi connectivity index (χ0) is 9.26. The third kappa shape index (κ3) is 1.61. The molecule has 1 atom stereocenters. The second-order valence-electron chi connectivity index (χ2n) is 2.74. The molecule has 1 unspecified atom stereocenters. The standard InChI is InChI=1S/C10H8O2S/c11-13(12)10-6-5-8-3-1-2-4-9(8)7-10/h1-7H,(H,11,12)/p-1. The first-order valence-electron chi connectivity index (χ1n) is 3.85. The zero-order valence-corrected chi connectivity index (χ0v) is 7.58. The highest BCUT2D eigenvalue weighted by atomic mass is 32.2. The van der Waals surface area contributed by atoms with Crippen LogP contribution in [-0.2, 0) is 11.1 Å². The Hall–Kier alpha value is -1.19. The van der Waals surface area contributed by atoms with Gasteiger partial charge in [-0.05, 0) is 34.0 Å². The fourth-order valence-corrected chi connectivity index (χ4v) is 1.67. The molecule has 2 aromatic carbocycles. The van der Waals surface area contributed by atoms with Crippen LogP contribution in [-0.4, -0.2) is 8.76 Å². The quantitative estimate of drug-likeness (QED) is 0.647. The molecule has 0 fully saturated rings. The highest BCUT2D eigenvalue weighted by Crippen LogP contribution is 2.16. The summed E-state index contributed by atoms with van der Waals surface area (Å²) in [7, 11) is 0. The topological polar surface area (TPSA) is 40.1 Å². The predicted octanol–water partition coefficient (Wildman–Crippen LogP) is 2.08. The van der Waals surface area contributed by atoms with Gasteiger partial charge in [0.1, 0.15) is 0 Å². The van der Waals surface area contributed by atoms with E-state index in [4.69, 9.17) is 0 Å². The number of fused-ring (bicyclic) bond motifs is 1. The minimum Gasteiger partial charge on any atom is -0.768 e. The molecule has 0 saturated heterocycles. The Kier molecular flexibility index (Phi) is 2.12. The lowest BCUT2D eigenvalue weighted by Gasteiger charge is -2.05. The number of benzene rings is 2. The van der Waals surface area contributed by atoms with Crippen LogP contribution in [0.2, 0.25) is 0 Å². The molecule has 0 bridgehead atoms. The summed E-state index contributed by atoms with van der Waals surface area (Å²) < 4.78 is 21.3. The molecule has 2 rings (SSSR count). The average molecular weight is 191 g/mol. The second kappa shape index (κ2) is 3.28. The largest absolute Gasteiger partial charge is 0.768 e. The van der Waals surface area contributed by atoms with E-state index >= 15 is 0 Å². The van der Waals surface area contributed by atoms with E-state index in [9.17, 15) is 8.76 Å². The van der Waals surface area contributed by atoms with Crippen LogP contribution in [0.1, 0.15) is 0 Å². The van der Waals surface area contributed by atoms with Crippen molar-refractivity contribution in [2.45, 2.75) is 4.90 Å². The van der Waals surface area contributed by atoms with Crippen molar-refractivity contribution in [3.05, 3.63) is 42.5 Å². The summed E-state index contributed by atoms with van der Waals surface area (Å²) in [6, 6.07) is 12.7. The molecule has 2 nitrogen and oxygen atoms in total. The lowest BCUT2D eigenvalue weighted by atomic mass is 10.1. The maximum atomic E-state index is 10.6. The Bertz CT molecular complexity index is 465. The second-order valence-corrected chi connectivity index (χ2v) is 3.68. The van der Waals surface area contributed by atoms with Crippen molar-refractivity contribution >= 4 is 21.9 Å². The molecular weight excluding hydrogens is 184 g/mol. The van der Waals surface area contributed by atoms with Gasteiger partial charge in [0.2, 0.25) is 0 Å². The van der Waals surface area contributed by atoms with Crippen molar-refractivity contribution in [2.24, 2.45) is 0 Å². The molecule has 0 saturated carbocycles.